The molecule has 0 aliphatic rings. The van der Waals surface area contributed by atoms with Gasteiger partial charge in [0.25, 0.3) is 0 Å². The Morgan fingerprint density at radius 2 is 0.409 bits per heavy atom. The lowest BCUT2D eigenvalue weighted by atomic mass is 10.2. The van der Waals surface area contributed by atoms with Crippen LogP contribution >= 0.6 is 140 Å². The zero-order valence-electron chi connectivity index (χ0n) is 62.2. The second-order valence-corrected chi connectivity index (χ2v) is 34.0. The standard InChI is InChI=1S/C78H81Cl6N25S6/c79-55-25-13-49(14-26-55)43-110-73-98-61(92-67(86)104-73)8-2-38-87-69-94-63(100-75(106-69)112-45-51-17-29-57(81)30-18-51)10-4-40-89-71-96-65(102-77(108-71)114-47-53-21-33-59(83)34-22-53)12-6-42-91-72-97-66(103-78(109-72)115-48-54-23-35-60(84)36-24-54)11-5-41-90-70-95-64(101-76(107-70)113-46-52-19-31-58(82)32-20-52)9-3-39-88-68-93-62(7-1-37-85)99-74(105-68)111-44-50-15-27-56(80)28-16-50/h13-36H,1-12,37-48,85H2,(H2,86,92,98,104)(H,87,94,100,106)(H,88,93,99,105)(H,89,96,102,108)(H,90,95,101,107)(H,91,97,103,109). The summed E-state index contributed by atoms with van der Waals surface area (Å²) in [5.41, 5.74) is 18.6. The molecule has 0 saturated carbocycles. The number of anilines is 6. The van der Waals surface area contributed by atoms with Gasteiger partial charge in [0.2, 0.25) is 35.7 Å². The summed E-state index contributed by atoms with van der Waals surface area (Å²) in [6, 6.07) is 46.5. The fourth-order valence-electron chi connectivity index (χ4n) is 10.7. The summed E-state index contributed by atoms with van der Waals surface area (Å²) in [7, 11) is 0. The molecule has 12 rings (SSSR count). The number of hydrogen-bond acceptors (Lipinski definition) is 31. The number of nitrogens with two attached hydrogens (primary N) is 2. The van der Waals surface area contributed by atoms with Crippen LogP contribution in [0.3, 0.4) is 0 Å². The first-order valence-electron chi connectivity index (χ1n) is 37.0. The summed E-state index contributed by atoms with van der Waals surface area (Å²) in [6.07, 6.45) is 7.52. The van der Waals surface area contributed by atoms with Crippen molar-refractivity contribution in [3.63, 3.8) is 0 Å². The zero-order chi connectivity index (χ0) is 79.8. The largest absolute Gasteiger partial charge is 0.368 e. The molecule has 115 heavy (non-hydrogen) atoms. The van der Waals surface area contributed by atoms with E-state index in [1.54, 1.807) is 11.8 Å². The van der Waals surface area contributed by atoms with Gasteiger partial charge in [-0.3, -0.25) is 0 Å². The summed E-state index contributed by atoms with van der Waals surface area (Å²) in [5, 5.41) is 25.0. The van der Waals surface area contributed by atoms with Crippen LogP contribution in [0, 0.1) is 0 Å². The summed E-state index contributed by atoms with van der Waals surface area (Å²) in [6.45, 7) is 3.23. The number of halogens is 6. The van der Waals surface area contributed by atoms with E-state index in [1.165, 1.54) is 58.8 Å². The van der Waals surface area contributed by atoms with Gasteiger partial charge in [-0.1, -0.05) is 213 Å². The highest BCUT2D eigenvalue weighted by Crippen LogP contribution is 2.30. The second-order valence-electron chi connectivity index (χ2n) is 25.7. The van der Waals surface area contributed by atoms with Crippen molar-refractivity contribution in [1.29, 1.82) is 0 Å². The van der Waals surface area contributed by atoms with Crippen LogP contribution in [0.15, 0.2) is 177 Å². The number of nitrogen functional groups attached to an aromatic ring is 1. The molecule has 9 N–H and O–H groups in total. The summed E-state index contributed by atoms with van der Waals surface area (Å²) >= 11 is 46.4. The first kappa shape index (κ1) is 86.3. The van der Waals surface area contributed by atoms with Crippen LogP contribution in [0.5, 0.6) is 0 Å². The maximum Gasteiger partial charge on any atom is 0.226 e. The normalized spacial score (nSPS) is 11.3. The molecule has 25 nitrogen and oxygen atoms in total. The van der Waals surface area contributed by atoms with Gasteiger partial charge in [-0.05, 0) is 151 Å². The highest BCUT2D eigenvalue weighted by Gasteiger charge is 2.17. The number of thioether (sulfide) groups is 6. The molecule has 0 spiro atoms. The Hall–Kier alpha value is -8.02. The Kier molecular flexibility index (Phi) is 34.7. The van der Waals surface area contributed by atoms with E-state index in [9.17, 15) is 0 Å². The van der Waals surface area contributed by atoms with Crippen molar-refractivity contribution in [2.24, 2.45) is 5.73 Å². The molecule has 0 radical (unpaired) electrons. The van der Waals surface area contributed by atoms with Crippen molar-refractivity contribution in [2.45, 2.75) is 143 Å². The fourth-order valence-corrected chi connectivity index (χ4v) is 16.3. The molecule has 0 atom stereocenters. The van der Waals surface area contributed by atoms with Crippen LogP contribution in [0.2, 0.25) is 30.1 Å². The van der Waals surface area contributed by atoms with Crippen LogP contribution < -0.4 is 38.1 Å². The fraction of sp³-hybridized carbons (Fsp3) is 0.308. The minimum absolute atomic E-state index is 0.179. The molecular formula is C78H81Cl6N25S6. The van der Waals surface area contributed by atoms with Gasteiger partial charge in [0.15, 0.2) is 30.9 Å². The molecule has 0 amide bonds. The highest BCUT2D eigenvalue weighted by molar-refractivity contribution is 7.99. The molecule has 0 unspecified atom stereocenters. The SMILES string of the molecule is NCCCc1nc(NCCCc2nc(NCCCc3nc(NCCCc4nc(NCCCc5nc(NCCCc6nc(N)nc(SCc7ccc(Cl)cc7)n6)nc(SCc6ccc(Cl)cc6)n5)nc(SCc5ccc(Cl)cc5)n4)nc(SCc4ccc(Cl)cc4)n3)nc(SCc3ccc(Cl)cc3)n2)nc(SCc2ccc(Cl)cc2)n1. The van der Waals surface area contributed by atoms with Crippen molar-refractivity contribution >= 4 is 176 Å². The molecular weight excluding hydrogens is 1690 g/mol. The molecule has 0 aliphatic carbocycles. The smallest absolute Gasteiger partial charge is 0.226 e. The summed E-state index contributed by atoms with van der Waals surface area (Å²) in [5.74, 6) is 10.3. The van der Waals surface area contributed by atoms with Crippen molar-refractivity contribution in [3.05, 3.63) is 244 Å². The third-order valence-electron chi connectivity index (χ3n) is 16.6. The lowest BCUT2D eigenvalue weighted by Gasteiger charge is -2.11. The molecule has 0 saturated heterocycles. The predicted octanol–water partition coefficient (Wildman–Crippen LogP) is 18.2. The number of nitrogens with one attached hydrogen (secondary N) is 5. The van der Waals surface area contributed by atoms with E-state index in [1.807, 2.05) is 146 Å². The zero-order valence-corrected chi connectivity index (χ0v) is 71.7. The molecule has 37 heteroatoms. The Balaban J connectivity index is 0.671. The summed E-state index contributed by atoms with van der Waals surface area (Å²) in [4.78, 5) is 86.6. The number of benzene rings is 6. The summed E-state index contributed by atoms with van der Waals surface area (Å²) < 4.78 is 0. The van der Waals surface area contributed by atoms with E-state index in [0.29, 0.717) is 270 Å². The Labute approximate surface area is 723 Å². The maximum atomic E-state index is 6.27. The van der Waals surface area contributed by atoms with Crippen LogP contribution in [0.4, 0.5) is 35.7 Å². The first-order chi connectivity index (χ1) is 56.1. The van der Waals surface area contributed by atoms with E-state index in [4.69, 9.17) is 161 Å². The van der Waals surface area contributed by atoms with Crippen LogP contribution in [0.1, 0.15) is 107 Å². The highest BCUT2D eigenvalue weighted by atomic mass is 35.5. The van der Waals surface area contributed by atoms with Gasteiger partial charge >= 0.3 is 0 Å². The third kappa shape index (κ3) is 30.8. The third-order valence-corrected chi connectivity index (χ3v) is 23.6. The number of aryl methyl sites for hydroxylation is 6. The van der Waals surface area contributed by atoms with Crippen LogP contribution in [-0.2, 0) is 73.0 Å². The average molecular weight is 1770 g/mol. The topological polar surface area (TPSA) is 344 Å². The van der Waals surface area contributed by atoms with Crippen molar-refractivity contribution in [1.82, 2.24) is 89.7 Å². The van der Waals surface area contributed by atoms with Crippen molar-refractivity contribution < 1.29 is 0 Å². The monoisotopic (exact) mass is 1770 g/mol. The van der Waals surface area contributed by atoms with Gasteiger partial charge in [0.1, 0.15) is 34.9 Å². The van der Waals surface area contributed by atoms with E-state index >= 15 is 0 Å². The minimum Gasteiger partial charge on any atom is -0.368 e. The Morgan fingerprint density at radius 3 is 0.609 bits per heavy atom. The van der Waals surface area contributed by atoms with Crippen LogP contribution in [-0.4, -0.2) is 129 Å². The second kappa shape index (κ2) is 46.2. The number of hydrogen-bond donors (Lipinski definition) is 7. The molecule has 6 aromatic carbocycles. The molecule has 6 aromatic heterocycles. The van der Waals surface area contributed by atoms with Gasteiger partial charge in [-0.2, -0.15) is 59.8 Å². The quantitative estimate of drug-likeness (QED) is 0.0138. The molecule has 0 fully saturated rings. The molecule has 0 bridgehead atoms. The van der Waals surface area contributed by atoms with Gasteiger partial charge in [-0.15, -0.1) is 0 Å². The van der Waals surface area contributed by atoms with E-state index in [-0.39, 0.29) is 5.95 Å². The van der Waals surface area contributed by atoms with E-state index in [2.05, 4.69) is 36.6 Å². The Bertz CT molecular complexity index is 5050. The minimum atomic E-state index is 0.179. The van der Waals surface area contributed by atoms with Crippen LogP contribution in [0.25, 0.3) is 0 Å². The number of aromatic nitrogens is 18. The van der Waals surface area contributed by atoms with Crippen molar-refractivity contribution in [2.75, 3.05) is 71.6 Å². The molecule has 596 valence electrons. The van der Waals surface area contributed by atoms with E-state index in [0.717, 1.165) is 39.8 Å². The Morgan fingerprint density at radius 1 is 0.226 bits per heavy atom. The van der Waals surface area contributed by atoms with Crippen molar-refractivity contribution in [3.8, 4) is 0 Å². The van der Waals surface area contributed by atoms with Gasteiger partial charge in [0.05, 0.1) is 0 Å². The number of rotatable bonds is 46. The van der Waals surface area contributed by atoms with Gasteiger partial charge in [0, 0.05) is 136 Å². The number of nitrogens with zero attached hydrogens (tertiary/aromatic N) is 18. The predicted molar refractivity (Wildman–Crippen MR) is 471 cm³/mol. The average Bonchev–Trinajstić information content (AvgIpc) is 0.868. The van der Waals surface area contributed by atoms with Gasteiger partial charge in [-0.25, -0.2) is 29.9 Å². The lowest BCUT2D eigenvalue weighted by molar-refractivity contribution is 0.721. The maximum absolute atomic E-state index is 6.27. The molecule has 6 heterocycles. The lowest BCUT2D eigenvalue weighted by Crippen LogP contribution is -2.14. The molecule has 0 aliphatic heterocycles. The van der Waals surface area contributed by atoms with Gasteiger partial charge < -0.3 is 38.1 Å². The molecule has 12 aromatic rings. The first-order valence-corrected chi connectivity index (χ1v) is 45.2. The van der Waals surface area contributed by atoms with E-state index < -0.39 is 0 Å².